The number of ketones is 1. The van der Waals surface area contributed by atoms with Crippen molar-refractivity contribution in [1.29, 1.82) is 0 Å². The van der Waals surface area contributed by atoms with Crippen molar-refractivity contribution in [2.24, 2.45) is 0 Å². The van der Waals surface area contributed by atoms with Gasteiger partial charge in [-0.3, -0.25) is 4.79 Å². The summed E-state index contributed by atoms with van der Waals surface area (Å²) in [5.41, 5.74) is 0.527. The number of Topliss-reactive ketones (excluding diaryl/α,β-unsaturated/α-hetero) is 1. The molecule has 0 saturated heterocycles. The molecular formula is C7H7NO4. The van der Waals surface area contributed by atoms with Gasteiger partial charge in [0.05, 0.1) is 5.69 Å². The molecule has 1 aromatic rings. The van der Waals surface area contributed by atoms with Gasteiger partial charge in [0.1, 0.15) is 5.76 Å². The Bertz CT molecular complexity index is 320. The third kappa shape index (κ3) is 1.34. The first-order valence-corrected chi connectivity index (χ1v) is 3.24. The maximum absolute atomic E-state index is 10.8. The summed E-state index contributed by atoms with van der Waals surface area (Å²) >= 11 is 0. The number of carboxylic acid groups (broad SMARTS) is 1. The van der Waals surface area contributed by atoms with Crippen molar-refractivity contribution >= 4 is 11.8 Å². The third-order valence-corrected chi connectivity index (χ3v) is 1.42. The van der Waals surface area contributed by atoms with Crippen LogP contribution in [0.15, 0.2) is 4.42 Å². The van der Waals surface area contributed by atoms with Crippen molar-refractivity contribution in [2.45, 2.75) is 13.8 Å². The average molecular weight is 169 g/mol. The number of rotatable bonds is 2. The van der Waals surface area contributed by atoms with E-state index in [1.165, 1.54) is 0 Å². The van der Waals surface area contributed by atoms with Crippen LogP contribution in [-0.2, 0) is 4.79 Å². The normalized spacial score (nSPS) is 9.83. The molecule has 12 heavy (non-hydrogen) atoms. The van der Waals surface area contributed by atoms with E-state index < -0.39 is 11.8 Å². The highest BCUT2D eigenvalue weighted by molar-refractivity contribution is 6.38. The fraction of sp³-hybridized carbons (Fsp3) is 0.286. The fourth-order valence-electron chi connectivity index (χ4n) is 0.661. The van der Waals surface area contributed by atoms with E-state index in [4.69, 9.17) is 9.52 Å². The van der Waals surface area contributed by atoms with Crippen molar-refractivity contribution in [3.8, 4) is 0 Å². The molecule has 64 valence electrons. The number of aliphatic carboxylic acids is 1. The van der Waals surface area contributed by atoms with E-state index in [1.54, 1.807) is 13.8 Å². The Morgan fingerprint density at radius 1 is 1.42 bits per heavy atom. The molecule has 1 N–H and O–H groups in total. The topological polar surface area (TPSA) is 80.4 Å². The van der Waals surface area contributed by atoms with Gasteiger partial charge in [0.25, 0.3) is 5.89 Å². The molecule has 5 heteroatoms. The van der Waals surface area contributed by atoms with E-state index in [1.807, 2.05) is 0 Å². The SMILES string of the molecule is Cc1nc(C(=O)C(=O)O)oc1C. The highest BCUT2D eigenvalue weighted by Gasteiger charge is 2.21. The largest absolute Gasteiger partial charge is 0.475 e. The molecule has 0 spiro atoms. The summed E-state index contributed by atoms with van der Waals surface area (Å²) in [6, 6.07) is 0. The molecular weight excluding hydrogens is 162 g/mol. The molecule has 0 bridgehead atoms. The summed E-state index contributed by atoms with van der Waals surface area (Å²) < 4.78 is 4.80. The number of carboxylic acids is 1. The van der Waals surface area contributed by atoms with Crippen LogP contribution in [-0.4, -0.2) is 21.8 Å². The lowest BCUT2D eigenvalue weighted by molar-refractivity contribution is -0.132. The van der Waals surface area contributed by atoms with Gasteiger partial charge in [0, 0.05) is 0 Å². The predicted octanol–water partition coefficient (Wildman–Crippen LogP) is 0.559. The lowest BCUT2D eigenvalue weighted by Crippen LogP contribution is -2.12. The Hall–Kier alpha value is -1.65. The number of aryl methyl sites for hydroxylation is 2. The smallest absolute Gasteiger partial charge is 0.382 e. The molecule has 1 rings (SSSR count). The second-order valence-electron chi connectivity index (χ2n) is 2.29. The van der Waals surface area contributed by atoms with Crippen LogP contribution in [0.1, 0.15) is 22.1 Å². The first-order valence-electron chi connectivity index (χ1n) is 3.24. The van der Waals surface area contributed by atoms with Crippen LogP contribution in [0.4, 0.5) is 0 Å². The van der Waals surface area contributed by atoms with Gasteiger partial charge in [-0.25, -0.2) is 9.78 Å². The van der Waals surface area contributed by atoms with Gasteiger partial charge in [0.2, 0.25) is 0 Å². The van der Waals surface area contributed by atoms with Crippen LogP contribution in [0.2, 0.25) is 0 Å². The lowest BCUT2D eigenvalue weighted by atomic mass is 10.4. The molecule has 0 unspecified atom stereocenters. The first kappa shape index (κ1) is 8.45. The number of carbonyl (C=O) groups is 2. The van der Waals surface area contributed by atoms with Gasteiger partial charge in [-0.15, -0.1) is 0 Å². The predicted molar refractivity (Wildman–Crippen MR) is 37.9 cm³/mol. The number of hydrogen-bond acceptors (Lipinski definition) is 4. The number of oxazole rings is 1. The van der Waals surface area contributed by atoms with E-state index in [2.05, 4.69) is 4.98 Å². The van der Waals surface area contributed by atoms with Crippen LogP contribution in [0.5, 0.6) is 0 Å². The van der Waals surface area contributed by atoms with E-state index in [0.29, 0.717) is 11.5 Å². The summed E-state index contributed by atoms with van der Waals surface area (Å²) in [6.07, 6.45) is 0. The first-order chi connectivity index (χ1) is 5.52. The van der Waals surface area contributed by atoms with Crippen molar-refractivity contribution in [3.05, 3.63) is 17.3 Å². The van der Waals surface area contributed by atoms with Crippen LogP contribution < -0.4 is 0 Å². The van der Waals surface area contributed by atoms with E-state index in [-0.39, 0.29) is 5.89 Å². The maximum Gasteiger partial charge on any atom is 0.382 e. The molecule has 5 nitrogen and oxygen atoms in total. The molecule has 1 aromatic heterocycles. The van der Waals surface area contributed by atoms with E-state index in [9.17, 15) is 9.59 Å². The number of hydrogen-bond donors (Lipinski definition) is 1. The number of aromatic nitrogens is 1. The Morgan fingerprint density at radius 3 is 2.33 bits per heavy atom. The molecule has 0 atom stereocenters. The van der Waals surface area contributed by atoms with Crippen molar-refractivity contribution in [3.63, 3.8) is 0 Å². The minimum atomic E-state index is -1.56. The molecule has 1 heterocycles. The zero-order chi connectivity index (χ0) is 9.30. The van der Waals surface area contributed by atoms with Crippen LogP contribution in [0.25, 0.3) is 0 Å². The maximum atomic E-state index is 10.8. The average Bonchev–Trinajstić information content (AvgIpc) is 2.30. The van der Waals surface area contributed by atoms with Crippen molar-refractivity contribution in [2.75, 3.05) is 0 Å². The highest BCUT2D eigenvalue weighted by atomic mass is 16.4. The quantitative estimate of drug-likeness (QED) is 0.516. The monoisotopic (exact) mass is 169 g/mol. The third-order valence-electron chi connectivity index (χ3n) is 1.42. The zero-order valence-electron chi connectivity index (χ0n) is 6.62. The van der Waals surface area contributed by atoms with Gasteiger partial charge in [-0.2, -0.15) is 0 Å². The summed E-state index contributed by atoms with van der Waals surface area (Å²) in [5, 5.41) is 8.29. The summed E-state index contributed by atoms with van der Waals surface area (Å²) in [7, 11) is 0. The minimum absolute atomic E-state index is 0.363. The second-order valence-corrected chi connectivity index (χ2v) is 2.29. The van der Waals surface area contributed by atoms with Gasteiger partial charge < -0.3 is 9.52 Å². The van der Waals surface area contributed by atoms with Crippen molar-refractivity contribution < 1.29 is 19.1 Å². The highest BCUT2D eigenvalue weighted by Crippen LogP contribution is 2.08. The molecule has 0 aliphatic rings. The molecule has 0 amide bonds. The summed E-state index contributed by atoms with van der Waals surface area (Å²) in [5.74, 6) is -2.58. The molecule has 0 saturated carbocycles. The molecule has 0 fully saturated rings. The van der Waals surface area contributed by atoms with E-state index in [0.717, 1.165) is 0 Å². The Kier molecular flexibility index (Phi) is 1.95. The van der Waals surface area contributed by atoms with Gasteiger partial charge >= 0.3 is 11.8 Å². The molecule has 0 aliphatic heterocycles. The number of carbonyl (C=O) groups excluding carboxylic acids is 1. The molecule has 0 aliphatic carbocycles. The fourth-order valence-corrected chi connectivity index (χ4v) is 0.661. The molecule has 0 aromatic carbocycles. The van der Waals surface area contributed by atoms with Crippen LogP contribution >= 0.6 is 0 Å². The zero-order valence-corrected chi connectivity index (χ0v) is 6.62. The lowest BCUT2D eigenvalue weighted by Gasteiger charge is -1.84. The Morgan fingerprint density at radius 2 is 2.00 bits per heavy atom. The van der Waals surface area contributed by atoms with Gasteiger partial charge in [-0.05, 0) is 13.8 Å². The van der Waals surface area contributed by atoms with Crippen LogP contribution in [0, 0.1) is 13.8 Å². The van der Waals surface area contributed by atoms with E-state index >= 15 is 0 Å². The van der Waals surface area contributed by atoms with Gasteiger partial charge in [-0.1, -0.05) is 0 Å². The van der Waals surface area contributed by atoms with Crippen LogP contribution in [0.3, 0.4) is 0 Å². The summed E-state index contributed by atoms with van der Waals surface area (Å²) in [6.45, 7) is 3.25. The van der Waals surface area contributed by atoms with Crippen molar-refractivity contribution in [1.82, 2.24) is 4.98 Å². The standard InChI is InChI=1S/C7H7NO4/c1-3-4(2)12-6(8-3)5(9)7(10)11/h1-2H3,(H,10,11). The second kappa shape index (κ2) is 2.77. The minimum Gasteiger partial charge on any atom is -0.475 e. The molecule has 0 radical (unpaired) electrons. The Labute approximate surface area is 68.0 Å². The Balaban J connectivity index is 3.05. The number of nitrogens with zero attached hydrogens (tertiary/aromatic N) is 1. The van der Waals surface area contributed by atoms with Gasteiger partial charge in [0.15, 0.2) is 0 Å². The summed E-state index contributed by atoms with van der Waals surface area (Å²) in [4.78, 5) is 24.6.